The molecule has 0 aliphatic carbocycles. The highest BCUT2D eigenvalue weighted by Crippen LogP contribution is 2.33. The average Bonchev–Trinajstić information content (AvgIpc) is 3.21. The van der Waals surface area contributed by atoms with E-state index in [-0.39, 0.29) is 5.76 Å². The summed E-state index contributed by atoms with van der Waals surface area (Å²) in [7, 11) is 0. The van der Waals surface area contributed by atoms with Crippen LogP contribution in [0.25, 0.3) is 16.8 Å². The summed E-state index contributed by atoms with van der Waals surface area (Å²) in [5.41, 5.74) is 4.60. The van der Waals surface area contributed by atoms with Crippen molar-refractivity contribution in [1.29, 1.82) is 5.41 Å². The first-order valence-electron chi connectivity index (χ1n) is 8.54. The van der Waals surface area contributed by atoms with Gasteiger partial charge in [-0.05, 0) is 24.6 Å². The number of nitrogens with one attached hydrogen (secondary N) is 1. The number of halogens is 1. The van der Waals surface area contributed by atoms with Crippen LogP contribution in [0.5, 0.6) is 0 Å². The van der Waals surface area contributed by atoms with Crippen LogP contribution in [0.4, 0.5) is 0 Å². The summed E-state index contributed by atoms with van der Waals surface area (Å²) in [5, 5.41) is 22.3. The number of aromatic nitrogens is 1. The van der Waals surface area contributed by atoms with Crippen molar-refractivity contribution in [2.45, 2.75) is 13.5 Å². The van der Waals surface area contributed by atoms with Crippen LogP contribution in [0, 0.1) is 12.3 Å². The molecule has 6 heteroatoms. The number of hydrogen-bond donors (Lipinski definition) is 2. The van der Waals surface area contributed by atoms with E-state index in [1.165, 1.54) is 16.9 Å². The predicted octanol–water partition coefficient (Wildman–Crippen LogP) is 5.53. The number of aliphatic hydroxyl groups excluding tert-OH is 1. The zero-order chi connectivity index (χ0) is 19.0. The van der Waals surface area contributed by atoms with Gasteiger partial charge in [0.05, 0.1) is 17.8 Å². The van der Waals surface area contributed by atoms with Crippen LogP contribution >= 0.6 is 22.9 Å². The third-order valence-electron chi connectivity index (χ3n) is 4.50. The number of benzene rings is 2. The van der Waals surface area contributed by atoms with Crippen LogP contribution in [-0.2, 0) is 6.54 Å². The van der Waals surface area contributed by atoms with Crippen LogP contribution in [-0.4, -0.2) is 27.4 Å². The van der Waals surface area contributed by atoms with Crippen molar-refractivity contribution in [3.05, 3.63) is 80.8 Å². The van der Waals surface area contributed by atoms with E-state index in [1.54, 1.807) is 0 Å². The summed E-state index contributed by atoms with van der Waals surface area (Å²) in [6.07, 6.45) is 0. The molecule has 0 amide bonds. The summed E-state index contributed by atoms with van der Waals surface area (Å²) < 4.78 is 0. The summed E-state index contributed by atoms with van der Waals surface area (Å²) >= 11 is 7.38. The van der Waals surface area contributed by atoms with Crippen LogP contribution in [0.2, 0.25) is 5.02 Å². The molecule has 2 aromatic carbocycles. The van der Waals surface area contributed by atoms with Crippen molar-refractivity contribution in [3.63, 3.8) is 0 Å². The van der Waals surface area contributed by atoms with E-state index in [9.17, 15) is 5.11 Å². The Bertz CT molecular complexity index is 1040. The summed E-state index contributed by atoms with van der Waals surface area (Å²) in [6.45, 7) is 2.97. The standard InChI is InChI=1S/C21H18ClN3OS/c1-13-3-2-4-14(9-13)10-25-11-18(26)19(20(25)23)21-24-17(12-27-21)15-5-7-16(22)8-6-15/h2-9,12,23,26H,10-11H2,1H3. The Balaban J connectivity index is 1.56. The number of aryl methyl sites for hydroxylation is 1. The molecule has 2 N–H and O–H groups in total. The Morgan fingerprint density at radius 3 is 2.74 bits per heavy atom. The smallest absolute Gasteiger partial charge is 0.135 e. The average molecular weight is 396 g/mol. The number of amidine groups is 1. The monoisotopic (exact) mass is 395 g/mol. The van der Waals surface area contributed by atoms with Crippen molar-refractivity contribution in [1.82, 2.24) is 9.88 Å². The van der Waals surface area contributed by atoms with Gasteiger partial charge in [-0.15, -0.1) is 11.3 Å². The lowest BCUT2D eigenvalue weighted by atomic mass is 10.1. The Morgan fingerprint density at radius 1 is 1.22 bits per heavy atom. The fraction of sp³-hybridized carbons (Fsp3) is 0.143. The fourth-order valence-electron chi connectivity index (χ4n) is 3.17. The number of thiazole rings is 1. The Kier molecular flexibility index (Phi) is 4.72. The molecular formula is C21H18ClN3OS. The van der Waals surface area contributed by atoms with Crippen molar-refractivity contribution in [2.75, 3.05) is 6.54 Å². The zero-order valence-corrected chi connectivity index (χ0v) is 16.3. The highest BCUT2D eigenvalue weighted by atomic mass is 35.5. The quantitative estimate of drug-likeness (QED) is 0.610. The first-order chi connectivity index (χ1) is 13.0. The van der Waals surface area contributed by atoms with Gasteiger partial charge in [0.2, 0.25) is 0 Å². The molecule has 0 fully saturated rings. The third-order valence-corrected chi connectivity index (χ3v) is 5.61. The lowest BCUT2D eigenvalue weighted by Gasteiger charge is -2.18. The maximum atomic E-state index is 10.5. The maximum Gasteiger partial charge on any atom is 0.135 e. The third kappa shape index (κ3) is 3.61. The van der Waals surface area contributed by atoms with Gasteiger partial charge in [-0.3, -0.25) is 5.41 Å². The molecule has 136 valence electrons. The van der Waals surface area contributed by atoms with Gasteiger partial charge in [0.1, 0.15) is 16.6 Å². The Labute approximate surface area is 166 Å². The molecule has 27 heavy (non-hydrogen) atoms. The van der Waals surface area contributed by atoms with Gasteiger partial charge in [0, 0.05) is 22.5 Å². The molecule has 1 aliphatic heterocycles. The minimum atomic E-state index is 0.199. The van der Waals surface area contributed by atoms with Crippen molar-refractivity contribution in [3.8, 4) is 11.3 Å². The molecule has 0 unspecified atom stereocenters. The minimum absolute atomic E-state index is 0.199. The molecule has 2 heterocycles. The van der Waals surface area contributed by atoms with Gasteiger partial charge in [-0.2, -0.15) is 0 Å². The lowest BCUT2D eigenvalue weighted by Crippen LogP contribution is -2.26. The first-order valence-corrected chi connectivity index (χ1v) is 9.80. The van der Waals surface area contributed by atoms with E-state index in [1.807, 2.05) is 59.7 Å². The van der Waals surface area contributed by atoms with Gasteiger partial charge in [0.15, 0.2) is 0 Å². The fourth-order valence-corrected chi connectivity index (χ4v) is 4.19. The predicted molar refractivity (Wildman–Crippen MR) is 111 cm³/mol. The second-order valence-electron chi connectivity index (χ2n) is 6.56. The highest BCUT2D eigenvalue weighted by molar-refractivity contribution is 7.11. The van der Waals surface area contributed by atoms with Crippen LogP contribution in [0.15, 0.2) is 59.7 Å². The number of aliphatic hydroxyl groups is 1. The van der Waals surface area contributed by atoms with Crippen molar-refractivity contribution >= 4 is 34.3 Å². The second kappa shape index (κ2) is 7.18. The molecule has 0 radical (unpaired) electrons. The van der Waals surface area contributed by atoms with Gasteiger partial charge >= 0.3 is 0 Å². The molecule has 0 spiro atoms. The van der Waals surface area contributed by atoms with Crippen molar-refractivity contribution in [2.24, 2.45) is 0 Å². The molecule has 0 bridgehead atoms. The first kappa shape index (κ1) is 17.8. The molecule has 4 nitrogen and oxygen atoms in total. The highest BCUT2D eigenvalue weighted by Gasteiger charge is 2.30. The minimum Gasteiger partial charge on any atom is -0.510 e. The number of rotatable bonds is 4. The zero-order valence-electron chi connectivity index (χ0n) is 14.7. The largest absolute Gasteiger partial charge is 0.510 e. The van der Waals surface area contributed by atoms with E-state index in [2.05, 4.69) is 11.1 Å². The number of hydrogen-bond acceptors (Lipinski definition) is 4. The van der Waals surface area contributed by atoms with Crippen LogP contribution in [0.3, 0.4) is 0 Å². The number of nitrogens with zero attached hydrogens (tertiary/aromatic N) is 2. The summed E-state index contributed by atoms with van der Waals surface area (Å²) in [4.78, 5) is 6.50. The molecule has 0 saturated heterocycles. The van der Waals surface area contributed by atoms with Crippen LogP contribution in [0.1, 0.15) is 16.1 Å². The Hall–Kier alpha value is -2.63. The van der Waals surface area contributed by atoms with Gasteiger partial charge < -0.3 is 10.0 Å². The van der Waals surface area contributed by atoms with E-state index in [0.717, 1.165) is 16.8 Å². The topological polar surface area (TPSA) is 60.2 Å². The lowest BCUT2D eigenvalue weighted by molar-refractivity contribution is 0.347. The van der Waals surface area contributed by atoms with Crippen LogP contribution < -0.4 is 0 Å². The summed E-state index contributed by atoms with van der Waals surface area (Å²) in [5.74, 6) is 0.510. The van der Waals surface area contributed by atoms with Gasteiger partial charge in [-0.25, -0.2) is 4.98 Å². The molecule has 1 aromatic heterocycles. The van der Waals surface area contributed by atoms with Gasteiger partial charge in [0.25, 0.3) is 0 Å². The van der Waals surface area contributed by atoms with E-state index >= 15 is 0 Å². The molecule has 0 saturated carbocycles. The van der Waals surface area contributed by atoms with Gasteiger partial charge in [-0.1, -0.05) is 53.6 Å². The molecule has 3 aromatic rings. The maximum absolute atomic E-state index is 10.5. The van der Waals surface area contributed by atoms with Crippen molar-refractivity contribution < 1.29 is 5.11 Å². The molecule has 1 aliphatic rings. The summed E-state index contributed by atoms with van der Waals surface area (Å²) in [6, 6.07) is 15.7. The molecular weight excluding hydrogens is 378 g/mol. The Morgan fingerprint density at radius 2 is 2.00 bits per heavy atom. The second-order valence-corrected chi connectivity index (χ2v) is 7.85. The SMILES string of the molecule is Cc1cccc(CN2CC(O)=C(c3nc(-c4ccc(Cl)cc4)cs3)C2=N)c1. The molecule has 0 atom stereocenters. The molecule has 4 rings (SSSR count). The van der Waals surface area contributed by atoms with E-state index in [0.29, 0.717) is 34.5 Å². The normalized spacial score (nSPS) is 14.3. The van der Waals surface area contributed by atoms with E-state index < -0.39 is 0 Å². The van der Waals surface area contributed by atoms with E-state index in [4.69, 9.17) is 17.0 Å².